The first-order chi connectivity index (χ1) is 9.54. The van der Waals surface area contributed by atoms with Gasteiger partial charge >= 0.3 is 5.69 Å². The van der Waals surface area contributed by atoms with Gasteiger partial charge in [-0.3, -0.25) is 10.1 Å². The minimum absolute atomic E-state index is 0.00858. The molecule has 0 bridgehead atoms. The molecule has 0 amide bonds. The van der Waals surface area contributed by atoms with E-state index in [0.717, 1.165) is 19.0 Å². The molecule has 1 aromatic rings. The number of anilines is 1. The average molecular weight is 279 g/mol. The second-order valence-corrected chi connectivity index (χ2v) is 5.56. The van der Waals surface area contributed by atoms with Crippen molar-refractivity contribution in [2.45, 2.75) is 32.0 Å². The normalized spacial score (nSPS) is 26.6. The summed E-state index contributed by atoms with van der Waals surface area (Å²) < 4.78 is 6.50. The summed E-state index contributed by atoms with van der Waals surface area (Å²) in [4.78, 5) is 12.6. The second-order valence-electron chi connectivity index (χ2n) is 5.56. The number of ether oxygens (including phenoxy) is 1. The lowest BCUT2D eigenvalue weighted by molar-refractivity contribution is -0.605. The van der Waals surface area contributed by atoms with Crippen LogP contribution < -0.4 is 9.63 Å². The van der Waals surface area contributed by atoms with Gasteiger partial charge in [0.15, 0.2) is 11.9 Å². The molecule has 2 atom stereocenters. The molecule has 1 aromatic heterocycles. The minimum atomic E-state index is -0.443. The number of morpholine rings is 1. The number of pyridine rings is 1. The molecular formula is C13H17N3O4. The Morgan fingerprint density at radius 1 is 1.45 bits per heavy atom. The molecule has 2 fully saturated rings. The zero-order valence-corrected chi connectivity index (χ0v) is 11.3. The molecule has 7 heteroatoms. The third kappa shape index (κ3) is 2.53. The molecule has 1 aliphatic carbocycles. The molecule has 108 valence electrons. The van der Waals surface area contributed by atoms with Crippen molar-refractivity contribution in [3.8, 4) is 0 Å². The highest BCUT2D eigenvalue weighted by Crippen LogP contribution is 2.38. The topological polar surface area (TPSA) is 82.5 Å². The van der Waals surface area contributed by atoms with Gasteiger partial charge in [0, 0.05) is 13.1 Å². The minimum Gasteiger partial charge on any atom is -0.619 e. The van der Waals surface area contributed by atoms with Crippen molar-refractivity contribution in [3.05, 3.63) is 33.8 Å². The lowest BCUT2D eigenvalue weighted by Crippen LogP contribution is -2.48. The van der Waals surface area contributed by atoms with Crippen molar-refractivity contribution in [2.75, 3.05) is 18.0 Å². The highest BCUT2D eigenvalue weighted by Gasteiger charge is 2.39. The molecule has 0 N–H and O–H groups in total. The van der Waals surface area contributed by atoms with Gasteiger partial charge in [0.2, 0.25) is 6.20 Å². The van der Waals surface area contributed by atoms with Gasteiger partial charge in [-0.15, -0.1) is 0 Å². The van der Waals surface area contributed by atoms with E-state index in [1.54, 1.807) is 0 Å². The van der Waals surface area contributed by atoms with E-state index in [-0.39, 0.29) is 17.9 Å². The van der Waals surface area contributed by atoms with Gasteiger partial charge in [0.1, 0.15) is 0 Å². The van der Waals surface area contributed by atoms with Gasteiger partial charge in [-0.2, -0.15) is 4.73 Å². The van der Waals surface area contributed by atoms with E-state index in [9.17, 15) is 15.3 Å². The van der Waals surface area contributed by atoms with Gasteiger partial charge < -0.3 is 14.8 Å². The predicted octanol–water partition coefficient (Wildman–Crippen LogP) is 1.23. The standard InChI is InChI=1S/C13H17N3O4/c1-9-6-14(8-13(20-9)10-2-3-10)12-7-15(17)5-4-11(12)16(18)19/h4-5,7,9-10,13H,2-3,6,8H2,1H3/t9-,13-/m0/s1. The fourth-order valence-electron chi connectivity index (χ4n) is 2.77. The molecule has 1 saturated heterocycles. The lowest BCUT2D eigenvalue weighted by atomic mass is 10.1. The van der Waals surface area contributed by atoms with Crippen LogP contribution in [0.2, 0.25) is 0 Å². The summed E-state index contributed by atoms with van der Waals surface area (Å²) in [6, 6.07) is 1.26. The first-order valence-electron chi connectivity index (χ1n) is 6.82. The zero-order chi connectivity index (χ0) is 14.3. The maximum absolute atomic E-state index is 11.5. The van der Waals surface area contributed by atoms with E-state index >= 15 is 0 Å². The molecule has 1 saturated carbocycles. The monoisotopic (exact) mass is 279 g/mol. The van der Waals surface area contributed by atoms with Gasteiger partial charge in [-0.25, -0.2) is 0 Å². The van der Waals surface area contributed by atoms with Crippen LogP contribution in [0.15, 0.2) is 18.5 Å². The van der Waals surface area contributed by atoms with Crippen LogP contribution in [-0.4, -0.2) is 30.2 Å². The molecule has 2 aliphatic rings. The summed E-state index contributed by atoms with van der Waals surface area (Å²) in [5.41, 5.74) is 0.356. The molecule has 0 radical (unpaired) electrons. The van der Waals surface area contributed by atoms with Gasteiger partial charge in [-0.1, -0.05) is 0 Å². The van der Waals surface area contributed by atoms with E-state index in [1.807, 2.05) is 11.8 Å². The van der Waals surface area contributed by atoms with Gasteiger partial charge in [0.25, 0.3) is 0 Å². The Morgan fingerprint density at radius 2 is 2.20 bits per heavy atom. The first-order valence-corrected chi connectivity index (χ1v) is 6.82. The summed E-state index contributed by atoms with van der Waals surface area (Å²) >= 11 is 0. The lowest BCUT2D eigenvalue weighted by Gasteiger charge is -2.37. The van der Waals surface area contributed by atoms with Crippen LogP contribution in [-0.2, 0) is 4.74 Å². The van der Waals surface area contributed by atoms with E-state index in [0.29, 0.717) is 29.4 Å². The van der Waals surface area contributed by atoms with Gasteiger partial charge in [-0.05, 0) is 25.7 Å². The van der Waals surface area contributed by atoms with Crippen LogP contribution >= 0.6 is 0 Å². The van der Waals surface area contributed by atoms with E-state index in [4.69, 9.17) is 4.74 Å². The zero-order valence-electron chi connectivity index (χ0n) is 11.3. The molecular weight excluding hydrogens is 262 g/mol. The van der Waals surface area contributed by atoms with Crippen LogP contribution in [0.1, 0.15) is 19.8 Å². The Hall–Kier alpha value is -1.89. The van der Waals surface area contributed by atoms with Crippen LogP contribution in [0.25, 0.3) is 0 Å². The highest BCUT2D eigenvalue weighted by molar-refractivity contribution is 5.60. The van der Waals surface area contributed by atoms with E-state index in [1.165, 1.54) is 12.3 Å². The summed E-state index contributed by atoms with van der Waals surface area (Å²) in [7, 11) is 0. The molecule has 7 nitrogen and oxygen atoms in total. The number of nitro groups is 1. The SMILES string of the molecule is C[C@H]1CN(c2c[n+]([O-])ccc2[N+](=O)[O-])C[C@@H](C2CC2)O1. The number of aromatic nitrogens is 1. The number of hydrogen-bond donors (Lipinski definition) is 0. The highest BCUT2D eigenvalue weighted by atomic mass is 16.6. The van der Waals surface area contributed by atoms with Crippen molar-refractivity contribution in [1.82, 2.24) is 0 Å². The summed E-state index contributed by atoms with van der Waals surface area (Å²) in [5, 5.41) is 22.6. The third-order valence-electron chi connectivity index (χ3n) is 3.86. The molecule has 20 heavy (non-hydrogen) atoms. The molecule has 0 aromatic carbocycles. The van der Waals surface area contributed by atoms with Crippen LogP contribution in [0.5, 0.6) is 0 Å². The van der Waals surface area contributed by atoms with Crippen LogP contribution in [0.4, 0.5) is 11.4 Å². The number of rotatable bonds is 3. The summed E-state index contributed by atoms with van der Waals surface area (Å²) in [5.74, 6) is 0.558. The van der Waals surface area contributed by atoms with Crippen molar-refractivity contribution in [1.29, 1.82) is 0 Å². The largest absolute Gasteiger partial charge is 0.619 e. The average Bonchev–Trinajstić information content (AvgIpc) is 3.21. The fourth-order valence-corrected chi connectivity index (χ4v) is 2.77. The number of nitrogens with zero attached hydrogens (tertiary/aromatic N) is 3. The Kier molecular flexibility index (Phi) is 3.21. The molecule has 2 heterocycles. The Morgan fingerprint density at radius 3 is 2.85 bits per heavy atom. The molecule has 1 aliphatic heterocycles. The maximum Gasteiger partial charge on any atom is 0.304 e. The van der Waals surface area contributed by atoms with Crippen molar-refractivity contribution < 1.29 is 14.4 Å². The number of hydrogen-bond acceptors (Lipinski definition) is 5. The summed E-state index contributed by atoms with van der Waals surface area (Å²) in [6.07, 6.45) is 4.87. The maximum atomic E-state index is 11.5. The Labute approximate surface area is 116 Å². The molecule has 0 unspecified atom stereocenters. The second kappa shape index (κ2) is 4.90. The smallest absolute Gasteiger partial charge is 0.304 e. The van der Waals surface area contributed by atoms with Crippen molar-refractivity contribution in [3.63, 3.8) is 0 Å². The third-order valence-corrected chi connectivity index (χ3v) is 3.86. The van der Waals surface area contributed by atoms with E-state index < -0.39 is 4.92 Å². The summed E-state index contributed by atoms with van der Waals surface area (Å²) in [6.45, 7) is 3.13. The first kappa shape index (κ1) is 13.1. The quantitative estimate of drug-likeness (QED) is 0.360. The fraction of sp³-hybridized carbons (Fsp3) is 0.615. The molecule has 3 rings (SSSR count). The Balaban J connectivity index is 1.90. The Bertz CT molecular complexity index is 532. The predicted molar refractivity (Wildman–Crippen MR) is 71.3 cm³/mol. The molecule has 0 spiro atoms. The van der Waals surface area contributed by atoms with Crippen molar-refractivity contribution >= 4 is 11.4 Å². The van der Waals surface area contributed by atoms with Crippen molar-refractivity contribution in [2.24, 2.45) is 5.92 Å². The van der Waals surface area contributed by atoms with Gasteiger partial charge in [0.05, 0.1) is 23.2 Å². The van der Waals surface area contributed by atoms with Crippen LogP contribution in [0.3, 0.4) is 0 Å². The van der Waals surface area contributed by atoms with E-state index in [2.05, 4.69) is 0 Å². The van der Waals surface area contributed by atoms with Crippen LogP contribution in [0, 0.1) is 21.2 Å².